The minimum Gasteiger partial charge on any atom is -0.492 e. The fourth-order valence-corrected chi connectivity index (χ4v) is 1.68. The van der Waals surface area contributed by atoms with Gasteiger partial charge in [0.1, 0.15) is 5.75 Å². The molecule has 0 amide bonds. The summed E-state index contributed by atoms with van der Waals surface area (Å²) in [5.74, 6) is 0.915. The lowest BCUT2D eigenvalue weighted by Gasteiger charge is -2.30. The highest BCUT2D eigenvalue weighted by Crippen LogP contribution is 2.32. The molecule has 0 radical (unpaired) electrons. The molecular formula is C14H23NO2. The quantitative estimate of drug-likeness (QED) is 0.826. The molecule has 1 N–H and O–H groups in total. The monoisotopic (exact) mass is 237 g/mol. The van der Waals surface area contributed by atoms with Crippen LogP contribution in [0.3, 0.4) is 0 Å². The lowest BCUT2D eigenvalue weighted by molar-refractivity contribution is -0.000509. The highest BCUT2D eigenvalue weighted by atomic mass is 16.5. The maximum absolute atomic E-state index is 10.5. The molecule has 1 aromatic heterocycles. The van der Waals surface area contributed by atoms with Gasteiger partial charge in [-0.15, -0.1) is 0 Å². The van der Waals surface area contributed by atoms with E-state index in [0.29, 0.717) is 6.61 Å². The molecule has 0 fully saturated rings. The number of pyridine rings is 1. The second-order valence-electron chi connectivity index (χ2n) is 4.71. The Morgan fingerprint density at radius 2 is 2.12 bits per heavy atom. The second kappa shape index (κ2) is 6.01. The van der Waals surface area contributed by atoms with E-state index in [0.717, 1.165) is 24.2 Å². The summed E-state index contributed by atoms with van der Waals surface area (Å²) in [5.41, 5.74) is -0.0340. The van der Waals surface area contributed by atoms with Crippen molar-refractivity contribution in [3.05, 3.63) is 24.0 Å². The van der Waals surface area contributed by atoms with Gasteiger partial charge in [0.05, 0.1) is 18.4 Å². The van der Waals surface area contributed by atoms with Crippen molar-refractivity contribution in [3.8, 4) is 5.75 Å². The van der Waals surface area contributed by atoms with Crippen molar-refractivity contribution in [1.82, 2.24) is 4.98 Å². The Kier molecular flexibility index (Phi) is 4.94. The van der Waals surface area contributed by atoms with Gasteiger partial charge < -0.3 is 9.84 Å². The molecule has 2 atom stereocenters. The fraction of sp³-hybridized carbons (Fsp3) is 0.643. The van der Waals surface area contributed by atoms with Crippen LogP contribution in [-0.4, -0.2) is 16.7 Å². The molecule has 3 heteroatoms. The van der Waals surface area contributed by atoms with E-state index in [-0.39, 0.29) is 5.92 Å². The molecule has 1 rings (SSSR count). The third kappa shape index (κ3) is 3.43. The first kappa shape index (κ1) is 14.0. The predicted molar refractivity (Wildman–Crippen MR) is 69.0 cm³/mol. The first-order valence-electron chi connectivity index (χ1n) is 6.33. The van der Waals surface area contributed by atoms with E-state index in [1.54, 1.807) is 12.4 Å². The highest BCUT2D eigenvalue weighted by Gasteiger charge is 2.29. The maximum atomic E-state index is 10.5. The number of hydrogen-bond donors (Lipinski definition) is 1. The number of nitrogens with zero attached hydrogens (tertiary/aromatic N) is 1. The lowest BCUT2D eigenvalue weighted by atomic mass is 9.83. The molecule has 0 aromatic carbocycles. The summed E-state index contributed by atoms with van der Waals surface area (Å²) in [7, 11) is 0. The Labute approximate surface area is 104 Å². The molecule has 0 bridgehead atoms. The topological polar surface area (TPSA) is 42.4 Å². The molecule has 0 saturated carbocycles. The molecule has 2 unspecified atom stereocenters. The zero-order valence-corrected chi connectivity index (χ0v) is 11.2. The van der Waals surface area contributed by atoms with Crippen LogP contribution < -0.4 is 4.74 Å². The third-order valence-electron chi connectivity index (χ3n) is 3.34. The van der Waals surface area contributed by atoms with Gasteiger partial charge in [0, 0.05) is 11.8 Å². The number of aliphatic hydroxyl groups is 1. The molecule has 0 aliphatic carbocycles. The Morgan fingerprint density at radius 1 is 1.41 bits per heavy atom. The minimum atomic E-state index is -0.854. The number of aromatic nitrogens is 1. The fourth-order valence-electron chi connectivity index (χ4n) is 1.68. The van der Waals surface area contributed by atoms with Gasteiger partial charge in [-0.3, -0.25) is 4.98 Å². The molecule has 1 heterocycles. The van der Waals surface area contributed by atoms with E-state index in [9.17, 15) is 5.11 Å². The van der Waals surface area contributed by atoms with Crippen LogP contribution in [0, 0.1) is 5.92 Å². The van der Waals surface area contributed by atoms with Crippen molar-refractivity contribution in [2.45, 2.75) is 46.1 Å². The molecule has 96 valence electrons. The maximum Gasteiger partial charge on any atom is 0.137 e. The van der Waals surface area contributed by atoms with E-state index in [2.05, 4.69) is 18.8 Å². The van der Waals surface area contributed by atoms with Gasteiger partial charge in [0.2, 0.25) is 0 Å². The summed E-state index contributed by atoms with van der Waals surface area (Å²) in [6, 6.07) is 1.88. The van der Waals surface area contributed by atoms with Crippen LogP contribution in [0.5, 0.6) is 5.75 Å². The van der Waals surface area contributed by atoms with Crippen LogP contribution in [0.1, 0.15) is 46.1 Å². The van der Waals surface area contributed by atoms with Gasteiger partial charge in [-0.25, -0.2) is 0 Å². The first-order chi connectivity index (χ1) is 8.02. The average Bonchev–Trinajstić information content (AvgIpc) is 2.35. The van der Waals surface area contributed by atoms with Crippen LogP contribution in [0.2, 0.25) is 0 Å². The van der Waals surface area contributed by atoms with Crippen LogP contribution in [-0.2, 0) is 5.60 Å². The first-order valence-corrected chi connectivity index (χ1v) is 6.33. The molecular weight excluding hydrogens is 214 g/mol. The Bertz CT molecular complexity index is 350. The van der Waals surface area contributed by atoms with Crippen molar-refractivity contribution in [2.75, 3.05) is 6.61 Å². The third-order valence-corrected chi connectivity index (χ3v) is 3.34. The summed E-state index contributed by atoms with van der Waals surface area (Å²) in [5, 5.41) is 10.5. The number of rotatable bonds is 6. The predicted octanol–water partition coefficient (Wildman–Crippen LogP) is 3.12. The van der Waals surface area contributed by atoms with Crippen LogP contribution >= 0.6 is 0 Å². The molecule has 0 aliphatic rings. The minimum absolute atomic E-state index is 0.186. The van der Waals surface area contributed by atoms with E-state index in [1.165, 1.54) is 0 Å². The van der Waals surface area contributed by atoms with Crippen LogP contribution in [0.4, 0.5) is 0 Å². The van der Waals surface area contributed by atoms with Gasteiger partial charge >= 0.3 is 0 Å². The zero-order chi connectivity index (χ0) is 12.9. The zero-order valence-electron chi connectivity index (χ0n) is 11.2. The number of ether oxygens (including phenoxy) is 1. The Balaban J connectivity index is 2.90. The van der Waals surface area contributed by atoms with Crippen molar-refractivity contribution < 1.29 is 9.84 Å². The van der Waals surface area contributed by atoms with Crippen molar-refractivity contribution in [3.63, 3.8) is 0 Å². The summed E-state index contributed by atoms with van der Waals surface area (Å²) < 4.78 is 5.53. The molecule has 0 saturated heterocycles. The average molecular weight is 237 g/mol. The standard InChI is InChI=1S/C14H23NO2/c1-5-7-17-13-8-12(9-15-10-13)14(4,16)11(3)6-2/h8-11,16H,5-7H2,1-4H3. The van der Waals surface area contributed by atoms with Gasteiger partial charge in [-0.05, 0) is 25.3 Å². The summed E-state index contributed by atoms with van der Waals surface area (Å²) in [6.07, 6.45) is 5.29. The van der Waals surface area contributed by atoms with Gasteiger partial charge in [-0.1, -0.05) is 27.2 Å². The Morgan fingerprint density at radius 3 is 2.71 bits per heavy atom. The molecule has 0 spiro atoms. The Hall–Kier alpha value is -1.09. The van der Waals surface area contributed by atoms with Crippen LogP contribution in [0.15, 0.2) is 18.5 Å². The highest BCUT2D eigenvalue weighted by molar-refractivity contribution is 5.28. The smallest absolute Gasteiger partial charge is 0.137 e. The van der Waals surface area contributed by atoms with Crippen molar-refractivity contribution in [2.24, 2.45) is 5.92 Å². The van der Waals surface area contributed by atoms with E-state index in [1.807, 2.05) is 19.9 Å². The van der Waals surface area contributed by atoms with E-state index >= 15 is 0 Å². The van der Waals surface area contributed by atoms with Gasteiger partial charge in [0.25, 0.3) is 0 Å². The summed E-state index contributed by atoms with van der Waals surface area (Å²) in [6.45, 7) is 8.69. The summed E-state index contributed by atoms with van der Waals surface area (Å²) >= 11 is 0. The van der Waals surface area contributed by atoms with E-state index in [4.69, 9.17) is 4.74 Å². The van der Waals surface area contributed by atoms with Gasteiger partial charge in [-0.2, -0.15) is 0 Å². The largest absolute Gasteiger partial charge is 0.492 e. The van der Waals surface area contributed by atoms with Crippen LogP contribution in [0.25, 0.3) is 0 Å². The van der Waals surface area contributed by atoms with Gasteiger partial charge in [0.15, 0.2) is 0 Å². The summed E-state index contributed by atoms with van der Waals surface area (Å²) in [4.78, 5) is 4.14. The second-order valence-corrected chi connectivity index (χ2v) is 4.71. The molecule has 17 heavy (non-hydrogen) atoms. The van der Waals surface area contributed by atoms with Crippen molar-refractivity contribution >= 4 is 0 Å². The number of hydrogen-bond acceptors (Lipinski definition) is 3. The molecule has 3 nitrogen and oxygen atoms in total. The van der Waals surface area contributed by atoms with E-state index < -0.39 is 5.60 Å². The normalized spacial score (nSPS) is 16.3. The molecule has 0 aliphatic heterocycles. The SMILES string of the molecule is CCCOc1cncc(C(C)(O)C(C)CC)c1. The lowest BCUT2D eigenvalue weighted by Crippen LogP contribution is -2.29. The molecule has 1 aromatic rings. The van der Waals surface area contributed by atoms with Crippen molar-refractivity contribution in [1.29, 1.82) is 0 Å².